The van der Waals surface area contributed by atoms with Crippen LogP contribution in [0.4, 0.5) is 10.1 Å². The van der Waals surface area contributed by atoms with E-state index < -0.39 is 0 Å². The summed E-state index contributed by atoms with van der Waals surface area (Å²) in [6, 6.07) is 4.34. The lowest BCUT2D eigenvalue weighted by Gasteiger charge is -2.04. The van der Waals surface area contributed by atoms with Crippen molar-refractivity contribution in [3.8, 4) is 0 Å². The van der Waals surface area contributed by atoms with Gasteiger partial charge < -0.3 is 10.2 Å². The number of thioether (sulfide) groups is 1. The van der Waals surface area contributed by atoms with Gasteiger partial charge in [-0.2, -0.15) is 0 Å². The van der Waals surface area contributed by atoms with Crippen molar-refractivity contribution in [1.82, 2.24) is 4.98 Å². The summed E-state index contributed by atoms with van der Waals surface area (Å²) in [5, 5.41) is 0. The summed E-state index contributed by atoms with van der Waals surface area (Å²) < 4.78 is 18.1. The summed E-state index contributed by atoms with van der Waals surface area (Å²) in [5.74, 6) is 1.12. The smallest absolute Gasteiger partial charge is 0.181 e. The largest absolute Gasteiger partial charge is 0.448 e. The van der Waals surface area contributed by atoms with E-state index in [0.29, 0.717) is 11.4 Å². The van der Waals surface area contributed by atoms with Crippen LogP contribution >= 0.6 is 11.8 Å². The van der Waals surface area contributed by atoms with Gasteiger partial charge in [0.1, 0.15) is 11.6 Å². The van der Waals surface area contributed by atoms with Crippen LogP contribution in [0.5, 0.6) is 0 Å². The molecule has 2 rings (SSSR count). The summed E-state index contributed by atoms with van der Waals surface area (Å²) in [5.41, 5.74) is 7.17. The Kier molecular flexibility index (Phi) is 3.14. The number of anilines is 1. The van der Waals surface area contributed by atoms with Gasteiger partial charge in [0.25, 0.3) is 0 Å². The zero-order valence-corrected chi connectivity index (χ0v) is 9.55. The average Bonchev–Trinajstić information content (AvgIpc) is 2.66. The molecule has 2 aromatic rings. The van der Waals surface area contributed by atoms with E-state index in [1.807, 2.05) is 6.92 Å². The number of nitrogens with two attached hydrogens (primary N) is 1. The Morgan fingerprint density at radius 1 is 1.50 bits per heavy atom. The Bertz CT molecular complexity index is 498. The molecule has 2 N–H and O–H groups in total. The fraction of sp³-hybridized carbons (Fsp3) is 0.182. The molecule has 0 amide bonds. The van der Waals surface area contributed by atoms with Gasteiger partial charge in [-0.3, -0.25) is 0 Å². The lowest BCUT2D eigenvalue weighted by Crippen LogP contribution is -1.91. The van der Waals surface area contributed by atoms with Crippen molar-refractivity contribution < 1.29 is 8.81 Å². The topological polar surface area (TPSA) is 52.0 Å². The molecule has 3 nitrogen and oxygen atoms in total. The molecule has 0 bridgehead atoms. The van der Waals surface area contributed by atoms with Crippen LogP contribution < -0.4 is 5.73 Å². The van der Waals surface area contributed by atoms with Gasteiger partial charge in [0, 0.05) is 16.3 Å². The van der Waals surface area contributed by atoms with Crippen LogP contribution in [-0.2, 0) is 5.75 Å². The second-order valence-corrected chi connectivity index (χ2v) is 4.34. The van der Waals surface area contributed by atoms with Crippen LogP contribution in [0.1, 0.15) is 11.5 Å². The van der Waals surface area contributed by atoms with Crippen LogP contribution in [-0.4, -0.2) is 4.98 Å². The number of nitrogen functional groups attached to an aromatic ring is 1. The van der Waals surface area contributed by atoms with Crippen molar-refractivity contribution in [1.29, 1.82) is 0 Å². The Balaban J connectivity index is 2.10. The molecule has 1 aromatic heterocycles. The second-order valence-electron chi connectivity index (χ2n) is 3.33. The van der Waals surface area contributed by atoms with Crippen molar-refractivity contribution in [2.24, 2.45) is 0 Å². The van der Waals surface area contributed by atoms with Gasteiger partial charge in [0.15, 0.2) is 6.39 Å². The average molecular weight is 238 g/mol. The number of hydrogen-bond acceptors (Lipinski definition) is 4. The fourth-order valence-corrected chi connectivity index (χ4v) is 2.25. The second kappa shape index (κ2) is 4.57. The molecule has 84 valence electrons. The summed E-state index contributed by atoms with van der Waals surface area (Å²) >= 11 is 1.45. The van der Waals surface area contributed by atoms with Gasteiger partial charge in [-0.1, -0.05) is 0 Å². The van der Waals surface area contributed by atoms with Crippen molar-refractivity contribution in [3.63, 3.8) is 0 Å². The highest BCUT2D eigenvalue weighted by Crippen LogP contribution is 2.29. The number of oxazole rings is 1. The SMILES string of the molecule is Cc1ocnc1CSc1cc(F)ccc1N. The monoisotopic (exact) mass is 238 g/mol. The number of halogens is 1. The number of aryl methyl sites for hydroxylation is 1. The molecule has 0 aliphatic carbocycles. The lowest BCUT2D eigenvalue weighted by molar-refractivity contribution is 0.525. The highest BCUT2D eigenvalue weighted by Gasteiger charge is 2.06. The quantitative estimate of drug-likeness (QED) is 0.659. The van der Waals surface area contributed by atoms with E-state index in [9.17, 15) is 4.39 Å². The number of benzene rings is 1. The number of rotatable bonds is 3. The molecule has 0 saturated heterocycles. The van der Waals surface area contributed by atoms with Gasteiger partial charge in [0.2, 0.25) is 0 Å². The molecule has 0 fully saturated rings. The van der Waals surface area contributed by atoms with Crippen molar-refractivity contribution in [2.75, 3.05) is 5.73 Å². The molecule has 0 radical (unpaired) electrons. The Labute approximate surface area is 96.9 Å². The first-order valence-electron chi connectivity index (χ1n) is 4.73. The zero-order chi connectivity index (χ0) is 11.5. The third kappa shape index (κ3) is 2.36. The summed E-state index contributed by atoms with van der Waals surface area (Å²) in [7, 11) is 0. The van der Waals surface area contributed by atoms with E-state index in [1.165, 1.54) is 30.3 Å². The molecule has 1 aromatic carbocycles. The van der Waals surface area contributed by atoms with Gasteiger partial charge in [0.05, 0.1) is 5.69 Å². The lowest BCUT2D eigenvalue weighted by atomic mass is 10.3. The summed E-state index contributed by atoms with van der Waals surface area (Å²) in [4.78, 5) is 4.79. The van der Waals surface area contributed by atoms with Gasteiger partial charge in [-0.15, -0.1) is 11.8 Å². The number of aromatic nitrogens is 1. The molecule has 16 heavy (non-hydrogen) atoms. The predicted molar refractivity (Wildman–Crippen MR) is 61.6 cm³/mol. The van der Waals surface area contributed by atoms with E-state index in [4.69, 9.17) is 10.2 Å². The van der Waals surface area contributed by atoms with Crippen LogP contribution in [0.15, 0.2) is 33.9 Å². The molecule has 0 spiro atoms. The van der Waals surface area contributed by atoms with Gasteiger partial charge in [-0.25, -0.2) is 9.37 Å². The van der Waals surface area contributed by atoms with Crippen molar-refractivity contribution in [3.05, 3.63) is 41.9 Å². The maximum atomic E-state index is 13.0. The molecule has 0 aliphatic heterocycles. The maximum absolute atomic E-state index is 13.0. The molecule has 0 aliphatic rings. The molecule has 0 saturated carbocycles. The minimum absolute atomic E-state index is 0.284. The summed E-state index contributed by atoms with van der Waals surface area (Å²) in [6.07, 6.45) is 1.40. The Morgan fingerprint density at radius 2 is 2.31 bits per heavy atom. The Hall–Kier alpha value is -1.49. The van der Waals surface area contributed by atoms with E-state index in [-0.39, 0.29) is 5.82 Å². The first-order chi connectivity index (χ1) is 7.66. The zero-order valence-electron chi connectivity index (χ0n) is 8.74. The standard InChI is InChI=1S/C11H11FN2OS/c1-7-10(14-6-15-7)5-16-11-4-8(12)2-3-9(11)13/h2-4,6H,5,13H2,1H3. The maximum Gasteiger partial charge on any atom is 0.181 e. The minimum atomic E-state index is -0.284. The first-order valence-corrected chi connectivity index (χ1v) is 5.72. The Morgan fingerprint density at radius 3 is 3.00 bits per heavy atom. The van der Waals surface area contributed by atoms with E-state index in [1.54, 1.807) is 6.07 Å². The van der Waals surface area contributed by atoms with Crippen molar-refractivity contribution in [2.45, 2.75) is 17.6 Å². The first kappa shape index (κ1) is 11.0. The van der Waals surface area contributed by atoms with Crippen LogP contribution in [0.3, 0.4) is 0 Å². The third-order valence-corrected chi connectivity index (χ3v) is 3.27. The third-order valence-electron chi connectivity index (χ3n) is 2.18. The molecule has 5 heteroatoms. The fourth-order valence-electron chi connectivity index (χ4n) is 1.25. The van der Waals surface area contributed by atoms with Gasteiger partial charge >= 0.3 is 0 Å². The van der Waals surface area contributed by atoms with E-state index in [0.717, 1.165) is 16.3 Å². The van der Waals surface area contributed by atoms with Crippen LogP contribution in [0.2, 0.25) is 0 Å². The predicted octanol–water partition coefficient (Wildman–Crippen LogP) is 3.00. The van der Waals surface area contributed by atoms with Crippen LogP contribution in [0.25, 0.3) is 0 Å². The normalized spacial score (nSPS) is 10.6. The van der Waals surface area contributed by atoms with Crippen molar-refractivity contribution >= 4 is 17.4 Å². The number of nitrogens with zero attached hydrogens (tertiary/aromatic N) is 1. The number of hydrogen-bond donors (Lipinski definition) is 1. The molecular weight excluding hydrogens is 227 g/mol. The molecule has 1 heterocycles. The van der Waals surface area contributed by atoms with E-state index in [2.05, 4.69) is 4.98 Å². The minimum Gasteiger partial charge on any atom is -0.448 e. The highest BCUT2D eigenvalue weighted by molar-refractivity contribution is 7.98. The van der Waals surface area contributed by atoms with E-state index >= 15 is 0 Å². The molecule has 0 atom stereocenters. The highest BCUT2D eigenvalue weighted by atomic mass is 32.2. The molecular formula is C11H11FN2OS. The van der Waals surface area contributed by atoms with Crippen LogP contribution in [0, 0.1) is 12.7 Å². The van der Waals surface area contributed by atoms with Gasteiger partial charge in [-0.05, 0) is 25.1 Å². The summed E-state index contributed by atoms with van der Waals surface area (Å²) in [6.45, 7) is 1.85. The molecule has 0 unspecified atom stereocenters.